The predicted molar refractivity (Wildman–Crippen MR) is 80.5 cm³/mol. The van der Waals surface area contributed by atoms with Crippen LogP contribution < -0.4 is 19.5 Å². The van der Waals surface area contributed by atoms with E-state index in [1.54, 1.807) is 13.0 Å². The number of rotatable bonds is 5. The molecular formula is C14H22N2O4S. The molecule has 0 spiro atoms. The van der Waals surface area contributed by atoms with Crippen LogP contribution in [0.25, 0.3) is 0 Å². The molecule has 1 aliphatic rings. The maximum Gasteiger partial charge on any atom is 0.241 e. The first-order chi connectivity index (χ1) is 9.97. The molecule has 118 valence electrons. The van der Waals surface area contributed by atoms with E-state index in [1.165, 1.54) is 20.3 Å². The number of sulfonamides is 1. The molecule has 1 aliphatic heterocycles. The van der Waals surface area contributed by atoms with E-state index in [4.69, 9.17) is 9.47 Å². The van der Waals surface area contributed by atoms with E-state index in [-0.39, 0.29) is 10.9 Å². The van der Waals surface area contributed by atoms with Crippen LogP contribution >= 0.6 is 0 Å². The Morgan fingerprint density at radius 2 is 1.90 bits per heavy atom. The molecule has 0 bridgehead atoms. The maximum absolute atomic E-state index is 12.6. The van der Waals surface area contributed by atoms with Crippen LogP contribution in [0.1, 0.15) is 18.4 Å². The standard InChI is InChI=1S/C14H22N2O4S/c1-10-7-12(19-2)13(20-3)8-14(10)21(17,18)16-11-5-4-6-15-9-11/h7-8,11,15-16H,4-6,9H2,1-3H3/t11-/m1/s1. The molecule has 0 amide bonds. The van der Waals surface area contributed by atoms with E-state index in [0.29, 0.717) is 23.6 Å². The van der Waals surface area contributed by atoms with Crippen molar-refractivity contribution in [3.05, 3.63) is 17.7 Å². The minimum Gasteiger partial charge on any atom is -0.493 e. The summed E-state index contributed by atoms with van der Waals surface area (Å²) in [7, 11) is -0.560. The van der Waals surface area contributed by atoms with E-state index in [2.05, 4.69) is 10.0 Å². The lowest BCUT2D eigenvalue weighted by atomic mass is 10.1. The van der Waals surface area contributed by atoms with Crippen LogP contribution in [-0.4, -0.2) is 41.8 Å². The number of piperidine rings is 1. The summed E-state index contributed by atoms with van der Waals surface area (Å²) in [5.41, 5.74) is 0.629. The summed E-state index contributed by atoms with van der Waals surface area (Å²) in [5, 5.41) is 3.19. The summed E-state index contributed by atoms with van der Waals surface area (Å²) >= 11 is 0. The summed E-state index contributed by atoms with van der Waals surface area (Å²) in [6.07, 6.45) is 1.82. The Labute approximate surface area is 125 Å². The van der Waals surface area contributed by atoms with Gasteiger partial charge in [0.05, 0.1) is 19.1 Å². The molecule has 1 fully saturated rings. The average molecular weight is 314 g/mol. The third-order valence-corrected chi connectivity index (χ3v) is 5.25. The summed E-state index contributed by atoms with van der Waals surface area (Å²) in [4.78, 5) is 0.228. The number of benzene rings is 1. The topological polar surface area (TPSA) is 76.7 Å². The first-order valence-electron chi connectivity index (χ1n) is 6.93. The van der Waals surface area contributed by atoms with Gasteiger partial charge in [0.2, 0.25) is 10.0 Å². The Bertz CT molecular complexity index is 595. The zero-order valence-electron chi connectivity index (χ0n) is 12.6. The van der Waals surface area contributed by atoms with Crippen molar-refractivity contribution < 1.29 is 17.9 Å². The minimum absolute atomic E-state index is 0.0729. The largest absolute Gasteiger partial charge is 0.493 e. The van der Waals surface area contributed by atoms with Crippen molar-refractivity contribution >= 4 is 10.0 Å². The van der Waals surface area contributed by atoms with Gasteiger partial charge in [-0.05, 0) is 37.9 Å². The van der Waals surface area contributed by atoms with Gasteiger partial charge in [-0.15, -0.1) is 0 Å². The molecule has 1 aromatic rings. The number of ether oxygens (including phenoxy) is 2. The summed E-state index contributed by atoms with van der Waals surface area (Å²) < 4.78 is 38.2. The SMILES string of the molecule is COc1cc(C)c(S(=O)(=O)N[C@@H]2CCCNC2)cc1OC. The van der Waals surface area contributed by atoms with Crippen molar-refractivity contribution in [2.24, 2.45) is 0 Å². The highest BCUT2D eigenvalue weighted by atomic mass is 32.2. The molecule has 21 heavy (non-hydrogen) atoms. The van der Waals surface area contributed by atoms with Crippen molar-refractivity contribution in [2.45, 2.75) is 30.7 Å². The summed E-state index contributed by atoms with van der Waals surface area (Å²) in [5.74, 6) is 0.929. The van der Waals surface area contributed by atoms with Crippen LogP contribution in [0.3, 0.4) is 0 Å². The fourth-order valence-corrected chi connectivity index (χ4v) is 4.00. The van der Waals surface area contributed by atoms with Gasteiger partial charge in [0, 0.05) is 18.7 Å². The van der Waals surface area contributed by atoms with Gasteiger partial charge in [-0.1, -0.05) is 0 Å². The van der Waals surface area contributed by atoms with Gasteiger partial charge < -0.3 is 14.8 Å². The summed E-state index contributed by atoms with van der Waals surface area (Å²) in [6, 6.07) is 3.11. The number of nitrogens with one attached hydrogen (secondary N) is 2. The average Bonchev–Trinajstić information content (AvgIpc) is 2.47. The molecule has 2 rings (SSSR count). The van der Waals surface area contributed by atoms with Crippen LogP contribution in [0.2, 0.25) is 0 Å². The Kier molecular flexibility index (Phi) is 5.08. The van der Waals surface area contributed by atoms with Crippen molar-refractivity contribution in [1.82, 2.24) is 10.0 Å². The van der Waals surface area contributed by atoms with Crippen molar-refractivity contribution in [1.29, 1.82) is 0 Å². The van der Waals surface area contributed by atoms with Crippen molar-refractivity contribution in [2.75, 3.05) is 27.3 Å². The lowest BCUT2D eigenvalue weighted by molar-refractivity contribution is 0.353. The Hall–Kier alpha value is -1.31. The molecule has 2 N–H and O–H groups in total. The zero-order chi connectivity index (χ0) is 15.5. The molecule has 0 radical (unpaired) electrons. The van der Waals surface area contributed by atoms with Gasteiger partial charge in [0.1, 0.15) is 0 Å². The molecule has 6 nitrogen and oxygen atoms in total. The maximum atomic E-state index is 12.6. The smallest absolute Gasteiger partial charge is 0.241 e. The Balaban J connectivity index is 2.30. The minimum atomic E-state index is -3.57. The van der Waals surface area contributed by atoms with Gasteiger partial charge in [0.25, 0.3) is 0 Å². The second kappa shape index (κ2) is 6.64. The fraction of sp³-hybridized carbons (Fsp3) is 0.571. The molecule has 1 atom stereocenters. The number of methoxy groups -OCH3 is 2. The molecule has 0 unspecified atom stereocenters. The molecule has 1 heterocycles. The zero-order valence-corrected chi connectivity index (χ0v) is 13.4. The van der Waals surface area contributed by atoms with E-state index >= 15 is 0 Å². The highest BCUT2D eigenvalue weighted by molar-refractivity contribution is 7.89. The fourth-order valence-electron chi connectivity index (χ4n) is 2.49. The van der Waals surface area contributed by atoms with Gasteiger partial charge in [-0.25, -0.2) is 13.1 Å². The third-order valence-electron chi connectivity index (χ3n) is 3.59. The van der Waals surface area contributed by atoms with Crippen molar-refractivity contribution in [3.8, 4) is 11.5 Å². The van der Waals surface area contributed by atoms with Crippen molar-refractivity contribution in [3.63, 3.8) is 0 Å². The third kappa shape index (κ3) is 3.66. The van der Waals surface area contributed by atoms with E-state index < -0.39 is 10.0 Å². The van der Waals surface area contributed by atoms with Crippen LogP contribution in [0.5, 0.6) is 11.5 Å². The molecule has 1 aromatic carbocycles. The second-order valence-electron chi connectivity index (χ2n) is 5.14. The molecule has 0 saturated carbocycles. The predicted octanol–water partition coefficient (Wildman–Crippen LogP) is 1.04. The van der Waals surface area contributed by atoms with Gasteiger partial charge in [-0.2, -0.15) is 0 Å². The lowest BCUT2D eigenvalue weighted by Crippen LogP contribution is -2.45. The highest BCUT2D eigenvalue weighted by Crippen LogP contribution is 2.32. The van der Waals surface area contributed by atoms with E-state index in [0.717, 1.165) is 19.4 Å². The molecule has 1 saturated heterocycles. The lowest BCUT2D eigenvalue weighted by Gasteiger charge is -2.24. The first-order valence-corrected chi connectivity index (χ1v) is 8.42. The van der Waals surface area contributed by atoms with E-state index in [9.17, 15) is 8.42 Å². The molecular weight excluding hydrogens is 292 g/mol. The van der Waals surface area contributed by atoms with Crippen LogP contribution in [0.15, 0.2) is 17.0 Å². The van der Waals surface area contributed by atoms with Gasteiger partial charge in [0.15, 0.2) is 11.5 Å². The first kappa shape index (κ1) is 16.1. The highest BCUT2D eigenvalue weighted by Gasteiger charge is 2.24. The van der Waals surface area contributed by atoms with Gasteiger partial charge >= 0.3 is 0 Å². The van der Waals surface area contributed by atoms with Crippen LogP contribution in [0, 0.1) is 6.92 Å². The normalized spacial score (nSPS) is 19.3. The number of aryl methyl sites for hydroxylation is 1. The molecule has 0 aliphatic carbocycles. The number of hydrogen-bond donors (Lipinski definition) is 2. The Morgan fingerprint density at radius 3 is 2.48 bits per heavy atom. The molecule has 0 aromatic heterocycles. The monoisotopic (exact) mass is 314 g/mol. The van der Waals surface area contributed by atoms with Crippen LogP contribution in [-0.2, 0) is 10.0 Å². The second-order valence-corrected chi connectivity index (χ2v) is 6.82. The van der Waals surface area contributed by atoms with Crippen LogP contribution in [0.4, 0.5) is 0 Å². The molecule has 7 heteroatoms. The van der Waals surface area contributed by atoms with Gasteiger partial charge in [-0.3, -0.25) is 0 Å². The summed E-state index contributed by atoms with van der Waals surface area (Å²) in [6.45, 7) is 3.34. The quantitative estimate of drug-likeness (QED) is 0.849. The Morgan fingerprint density at radius 1 is 1.24 bits per heavy atom. The van der Waals surface area contributed by atoms with E-state index in [1.807, 2.05) is 0 Å². The number of hydrogen-bond acceptors (Lipinski definition) is 5.